The number of nitrogens with one attached hydrogen (secondary N) is 2. The van der Waals surface area contributed by atoms with Gasteiger partial charge in [-0.2, -0.15) is 5.26 Å². The Bertz CT molecular complexity index is 821. The number of benzene rings is 1. The molecule has 0 saturated heterocycles. The highest BCUT2D eigenvalue weighted by Gasteiger charge is 2.20. The van der Waals surface area contributed by atoms with E-state index in [4.69, 9.17) is 12.2 Å². The second-order valence-electron chi connectivity index (χ2n) is 6.01. The average Bonchev–Trinajstić information content (AvgIpc) is 2.91. The lowest BCUT2D eigenvalue weighted by Gasteiger charge is -2.09. The minimum Gasteiger partial charge on any atom is -0.323 e. The molecule has 0 atom stereocenters. The van der Waals surface area contributed by atoms with E-state index in [1.165, 1.54) is 17.7 Å². The summed E-state index contributed by atoms with van der Waals surface area (Å²) in [6.45, 7) is 0. The molecule has 0 saturated carbocycles. The van der Waals surface area contributed by atoms with Gasteiger partial charge in [-0.05, 0) is 55.6 Å². The number of nitrogens with zero attached hydrogens (tertiary/aromatic N) is 1. The molecular formula is C19H19N3OS2. The van der Waals surface area contributed by atoms with E-state index in [2.05, 4.69) is 16.7 Å². The van der Waals surface area contributed by atoms with Crippen molar-refractivity contribution < 1.29 is 4.79 Å². The molecule has 4 nitrogen and oxygen atoms in total. The SMILES string of the molecule is N#Cc1c(NC(=S)NC(=O)c2ccccc2)sc2c1CCCCCC2. The molecule has 2 aromatic rings. The smallest absolute Gasteiger partial charge is 0.257 e. The van der Waals surface area contributed by atoms with Gasteiger partial charge in [-0.1, -0.05) is 31.0 Å². The number of nitriles is 1. The number of amides is 1. The molecule has 2 N–H and O–H groups in total. The molecule has 1 aromatic carbocycles. The first-order valence-electron chi connectivity index (χ1n) is 8.41. The first kappa shape index (κ1) is 17.6. The number of carbonyl (C=O) groups is 1. The minimum absolute atomic E-state index is 0.222. The normalized spacial score (nSPS) is 13.7. The van der Waals surface area contributed by atoms with Crippen LogP contribution in [0.5, 0.6) is 0 Å². The molecule has 1 amide bonds. The first-order chi connectivity index (χ1) is 12.2. The Morgan fingerprint density at radius 1 is 1.12 bits per heavy atom. The van der Waals surface area contributed by atoms with Crippen LogP contribution in [0.25, 0.3) is 0 Å². The van der Waals surface area contributed by atoms with Crippen LogP contribution in [0.2, 0.25) is 0 Å². The van der Waals surface area contributed by atoms with E-state index in [1.807, 2.05) is 6.07 Å². The van der Waals surface area contributed by atoms with Crippen LogP contribution in [0.1, 0.15) is 52.0 Å². The van der Waals surface area contributed by atoms with Gasteiger partial charge in [0.15, 0.2) is 5.11 Å². The highest BCUT2D eigenvalue weighted by molar-refractivity contribution is 7.80. The molecule has 0 bridgehead atoms. The molecule has 0 fully saturated rings. The number of thiocarbonyl (C=S) groups is 1. The van der Waals surface area contributed by atoms with Crippen molar-refractivity contribution in [3.63, 3.8) is 0 Å². The molecule has 6 heteroatoms. The number of aryl methyl sites for hydroxylation is 1. The van der Waals surface area contributed by atoms with Crippen LogP contribution in [0.4, 0.5) is 5.00 Å². The third-order valence-electron chi connectivity index (χ3n) is 4.27. The average molecular weight is 370 g/mol. The lowest BCUT2D eigenvalue weighted by atomic mass is 9.97. The van der Waals surface area contributed by atoms with Crippen LogP contribution in [-0.2, 0) is 12.8 Å². The summed E-state index contributed by atoms with van der Waals surface area (Å²) < 4.78 is 0. The van der Waals surface area contributed by atoms with Crippen molar-refractivity contribution in [3.05, 3.63) is 51.9 Å². The molecule has 1 aromatic heterocycles. The van der Waals surface area contributed by atoms with Gasteiger partial charge in [-0.3, -0.25) is 10.1 Å². The molecule has 0 unspecified atom stereocenters. The zero-order chi connectivity index (χ0) is 17.6. The second kappa shape index (κ2) is 8.24. The maximum atomic E-state index is 12.2. The summed E-state index contributed by atoms with van der Waals surface area (Å²) in [4.78, 5) is 13.5. The van der Waals surface area contributed by atoms with Gasteiger partial charge < -0.3 is 5.32 Å². The van der Waals surface area contributed by atoms with Gasteiger partial charge in [0.1, 0.15) is 11.1 Å². The molecule has 1 heterocycles. The van der Waals surface area contributed by atoms with Crippen molar-refractivity contribution in [2.24, 2.45) is 0 Å². The number of anilines is 1. The van der Waals surface area contributed by atoms with Gasteiger partial charge in [0.2, 0.25) is 0 Å². The number of rotatable bonds is 2. The van der Waals surface area contributed by atoms with Gasteiger partial charge in [0.05, 0.1) is 5.56 Å². The van der Waals surface area contributed by atoms with Crippen LogP contribution >= 0.6 is 23.6 Å². The predicted octanol–water partition coefficient (Wildman–Crippen LogP) is 4.41. The maximum absolute atomic E-state index is 12.2. The van der Waals surface area contributed by atoms with E-state index in [9.17, 15) is 10.1 Å². The Hall–Kier alpha value is -2.23. The summed E-state index contributed by atoms with van der Waals surface area (Å²) >= 11 is 6.86. The molecule has 0 radical (unpaired) electrons. The third kappa shape index (κ3) is 4.25. The zero-order valence-electron chi connectivity index (χ0n) is 13.8. The van der Waals surface area contributed by atoms with Crippen molar-refractivity contribution in [3.8, 4) is 6.07 Å². The van der Waals surface area contributed by atoms with Crippen LogP contribution in [0, 0.1) is 11.3 Å². The monoisotopic (exact) mass is 369 g/mol. The van der Waals surface area contributed by atoms with Crippen molar-refractivity contribution in [2.75, 3.05) is 5.32 Å². The Labute approximate surface area is 156 Å². The predicted molar refractivity (Wildman–Crippen MR) is 105 cm³/mol. The minimum atomic E-state index is -0.258. The van der Waals surface area contributed by atoms with Crippen molar-refractivity contribution in [1.29, 1.82) is 5.26 Å². The van der Waals surface area contributed by atoms with Gasteiger partial charge in [-0.15, -0.1) is 11.3 Å². The zero-order valence-corrected chi connectivity index (χ0v) is 15.4. The fourth-order valence-electron chi connectivity index (χ4n) is 3.02. The molecule has 0 aliphatic heterocycles. The molecule has 1 aliphatic rings. The second-order valence-corrected chi connectivity index (χ2v) is 7.52. The fourth-order valence-corrected chi connectivity index (χ4v) is 4.53. The highest BCUT2D eigenvalue weighted by atomic mass is 32.1. The Morgan fingerprint density at radius 3 is 2.56 bits per heavy atom. The van der Waals surface area contributed by atoms with E-state index in [0.717, 1.165) is 36.2 Å². The first-order valence-corrected chi connectivity index (χ1v) is 9.63. The fraction of sp³-hybridized carbons (Fsp3) is 0.316. The van der Waals surface area contributed by atoms with Gasteiger partial charge in [-0.25, -0.2) is 0 Å². The van der Waals surface area contributed by atoms with Crippen molar-refractivity contribution >= 4 is 39.6 Å². The van der Waals surface area contributed by atoms with E-state index < -0.39 is 0 Å². The summed E-state index contributed by atoms with van der Waals surface area (Å²) in [5.74, 6) is -0.258. The highest BCUT2D eigenvalue weighted by Crippen LogP contribution is 2.36. The lowest BCUT2D eigenvalue weighted by Crippen LogP contribution is -2.34. The standard InChI is InChI=1S/C19H19N3OS2/c20-12-15-14-10-6-1-2-7-11-16(14)25-18(15)22-19(24)21-17(23)13-8-4-3-5-9-13/h3-5,8-9H,1-2,6-7,10-11H2,(H2,21,22,23,24). The summed E-state index contributed by atoms with van der Waals surface area (Å²) in [7, 11) is 0. The topological polar surface area (TPSA) is 64.9 Å². The number of thiophene rings is 1. The van der Waals surface area contributed by atoms with E-state index in [-0.39, 0.29) is 11.0 Å². The number of carbonyl (C=O) groups excluding carboxylic acids is 1. The molecule has 128 valence electrons. The maximum Gasteiger partial charge on any atom is 0.257 e. The van der Waals surface area contributed by atoms with Gasteiger partial charge in [0, 0.05) is 10.4 Å². The van der Waals surface area contributed by atoms with Gasteiger partial charge >= 0.3 is 0 Å². The van der Waals surface area contributed by atoms with E-state index in [0.29, 0.717) is 11.1 Å². The van der Waals surface area contributed by atoms with Crippen LogP contribution in [0.3, 0.4) is 0 Å². The van der Waals surface area contributed by atoms with Crippen molar-refractivity contribution in [2.45, 2.75) is 38.5 Å². The molecule has 0 spiro atoms. The van der Waals surface area contributed by atoms with E-state index >= 15 is 0 Å². The molecule has 1 aliphatic carbocycles. The molecular weight excluding hydrogens is 350 g/mol. The lowest BCUT2D eigenvalue weighted by molar-refractivity contribution is 0.0977. The Kier molecular flexibility index (Phi) is 5.79. The largest absolute Gasteiger partial charge is 0.323 e. The molecule has 3 rings (SSSR count). The Morgan fingerprint density at radius 2 is 1.84 bits per heavy atom. The third-order valence-corrected chi connectivity index (χ3v) is 5.68. The number of hydrogen-bond donors (Lipinski definition) is 2. The summed E-state index contributed by atoms with van der Waals surface area (Å²) in [5, 5.41) is 16.3. The van der Waals surface area contributed by atoms with Gasteiger partial charge in [0.25, 0.3) is 5.91 Å². The van der Waals surface area contributed by atoms with Crippen LogP contribution < -0.4 is 10.6 Å². The summed E-state index contributed by atoms with van der Waals surface area (Å²) in [6.07, 6.45) is 6.70. The van der Waals surface area contributed by atoms with Crippen LogP contribution in [0.15, 0.2) is 30.3 Å². The summed E-state index contributed by atoms with van der Waals surface area (Å²) in [5.41, 5.74) is 2.38. The Balaban J connectivity index is 1.74. The number of fused-ring (bicyclic) bond motifs is 1. The molecule has 25 heavy (non-hydrogen) atoms. The quantitative estimate of drug-likeness (QED) is 0.770. The van der Waals surface area contributed by atoms with Crippen molar-refractivity contribution in [1.82, 2.24) is 5.32 Å². The van der Waals surface area contributed by atoms with Crippen LogP contribution in [-0.4, -0.2) is 11.0 Å². The summed E-state index contributed by atoms with van der Waals surface area (Å²) in [6, 6.07) is 11.2. The van der Waals surface area contributed by atoms with E-state index in [1.54, 1.807) is 35.6 Å². The number of hydrogen-bond acceptors (Lipinski definition) is 4.